The number of rotatable bonds is 9. The Morgan fingerprint density at radius 1 is 1.21 bits per heavy atom. The fourth-order valence-electron chi connectivity index (χ4n) is 4.60. The SMILES string of the molecule is CC1C=CC(NC(=O)c2cc(C(F)(F)F)nn2-c2cccc(CN)c2)=CC1C(OCC1CC1)c1ccccn1. The summed E-state index contributed by atoms with van der Waals surface area (Å²) in [6.45, 7) is 2.88. The molecular formula is C29H30F3N5O2. The number of hydrogen-bond acceptors (Lipinski definition) is 5. The molecule has 7 nitrogen and oxygen atoms in total. The number of nitrogens with zero attached hydrogens (tertiary/aromatic N) is 3. The summed E-state index contributed by atoms with van der Waals surface area (Å²) < 4.78 is 48.1. The molecule has 39 heavy (non-hydrogen) atoms. The molecule has 1 amide bonds. The molecule has 0 radical (unpaired) electrons. The quantitative estimate of drug-likeness (QED) is 0.384. The van der Waals surface area contributed by atoms with Crippen LogP contribution in [0, 0.1) is 17.8 Å². The number of alkyl halides is 3. The zero-order valence-electron chi connectivity index (χ0n) is 21.4. The van der Waals surface area contributed by atoms with E-state index in [0.29, 0.717) is 29.5 Å². The summed E-state index contributed by atoms with van der Waals surface area (Å²) >= 11 is 0. The maximum absolute atomic E-state index is 13.6. The highest BCUT2D eigenvalue weighted by Crippen LogP contribution is 2.38. The second kappa shape index (κ2) is 11.2. The number of benzene rings is 1. The number of carbonyl (C=O) groups excluding carboxylic acids is 1. The van der Waals surface area contributed by atoms with Crippen LogP contribution in [-0.2, 0) is 17.5 Å². The van der Waals surface area contributed by atoms with Crippen molar-refractivity contribution in [1.29, 1.82) is 0 Å². The standard InChI is InChI=1S/C29H30F3N5O2/c1-18-8-11-21(14-23(18)27(39-17-19-9-10-19)24-7-2-3-12-34-24)35-28(38)25-15-26(29(30,31)32)36-37(25)22-6-4-5-20(13-22)16-33/h2-8,11-15,18-19,23,27H,9-10,16-17,33H2,1H3,(H,35,38). The summed E-state index contributed by atoms with van der Waals surface area (Å²) in [5, 5.41) is 6.49. The van der Waals surface area contributed by atoms with Crippen molar-refractivity contribution in [3.63, 3.8) is 0 Å². The molecule has 3 N–H and O–H groups in total. The van der Waals surface area contributed by atoms with Crippen molar-refractivity contribution in [2.75, 3.05) is 6.61 Å². The van der Waals surface area contributed by atoms with Gasteiger partial charge in [-0.25, -0.2) is 4.68 Å². The molecule has 0 spiro atoms. The first-order chi connectivity index (χ1) is 18.7. The number of amides is 1. The van der Waals surface area contributed by atoms with Gasteiger partial charge in [0.15, 0.2) is 5.69 Å². The van der Waals surface area contributed by atoms with Crippen LogP contribution in [-0.4, -0.2) is 27.3 Å². The van der Waals surface area contributed by atoms with E-state index in [2.05, 4.69) is 22.3 Å². The minimum Gasteiger partial charge on any atom is -0.371 e. The first-order valence-corrected chi connectivity index (χ1v) is 12.9. The number of halogens is 3. The van der Waals surface area contributed by atoms with E-state index >= 15 is 0 Å². The molecule has 2 aliphatic rings. The van der Waals surface area contributed by atoms with Gasteiger partial charge < -0.3 is 15.8 Å². The van der Waals surface area contributed by atoms with Crippen molar-refractivity contribution >= 4 is 5.91 Å². The Kier molecular flexibility index (Phi) is 7.67. The van der Waals surface area contributed by atoms with E-state index in [9.17, 15) is 18.0 Å². The van der Waals surface area contributed by atoms with Gasteiger partial charge in [0.2, 0.25) is 0 Å². The van der Waals surface area contributed by atoms with Gasteiger partial charge in [-0.15, -0.1) is 0 Å². The zero-order chi connectivity index (χ0) is 27.6. The number of pyridine rings is 1. The molecule has 5 rings (SSSR count). The normalized spacial score (nSPS) is 20.0. The highest BCUT2D eigenvalue weighted by Gasteiger charge is 2.37. The van der Waals surface area contributed by atoms with E-state index in [0.717, 1.165) is 29.3 Å². The van der Waals surface area contributed by atoms with Crippen LogP contribution in [0.1, 0.15) is 53.3 Å². The summed E-state index contributed by atoms with van der Waals surface area (Å²) in [5.74, 6) is -0.225. The summed E-state index contributed by atoms with van der Waals surface area (Å²) in [6, 6.07) is 13.0. The maximum atomic E-state index is 13.6. The van der Waals surface area contributed by atoms with E-state index in [-0.39, 0.29) is 30.2 Å². The van der Waals surface area contributed by atoms with Crippen molar-refractivity contribution in [3.05, 3.63) is 101 Å². The van der Waals surface area contributed by atoms with E-state index in [1.54, 1.807) is 36.5 Å². The average Bonchev–Trinajstić information content (AvgIpc) is 3.64. The van der Waals surface area contributed by atoms with Gasteiger partial charge in [-0.1, -0.05) is 37.3 Å². The van der Waals surface area contributed by atoms with E-state index < -0.39 is 17.8 Å². The van der Waals surface area contributed by atoms with Gasteiger partial charge in [0, 0.05) is 30.4 Å². The monoisotopic (exact) mass is 537 g/mol. The lowest BCUT2D eigenvalue weighted by Gasteiger charge is -2.31. The molecule has 3 unspecified atom stereocenters. The number of allylic oxidation sites excluding steroid dienone is 2. The highest BCUT2D eigenvalue weighted by atomic mass is 19.4. The molecule has 2 aliphatic carbocycles. The van der Waals surface area contributed by atoms with E-state index in [1.165, 1.54) is 0 Å². The lowest BCUT2D eigenvalue weighted by molar-refractivity contribution is -0.141. The Labute approximate surface area is 224 Å². The van der Waals surface area contributed by atoms with Crippen LogP contribution < -0.4 is 11.1 Å². The van der Waals surface area contributed by atoms with Gasteiger partial charge in [-0.05, 0) is 60.6 Å². The molecule has 0 saturated heterocycles. The predicted octanol–water partition coefficient (Wildman–Crippen LogP) is 5.35. The highest BCUT2D eigenvalue weighted by molar-refractivity contribution is 5.94. The molecule has 0 bridgehead atoms. The lowest BCUT2D eigenvalue weighted by atomic mass is 9.83. The first-order valence-electron chi connectivity index (χ1n) is 12.9. The first kappa shape index (κ1) is 26.8. The van der Waals surface area contributed by atoms with E-state index in [4.69, 9.17) is 10.5 Å². The minimum absolute atomic E-state index is 0.0817. The van der Waals surface area contributed by atoms with Crippen LogP contribution in [0.15, 0.2) is 78.7 Å². The van der Waals surface area contributed by atoms with Gasteiger partial charge in [0.05, 0.1) is 18.0 Å². The summed E-state index contributed by atoms with van der Waals surface area (Å²) in [7, 11) is 0. The smallest absolute Gasteiger partial charge is 0.371 e. The van der Waals surface area contributed by atoms with E-state index in [1.807, 2.05) is 30.4 Å². The van der Waals surface area contributed by atoms with Gasteiger partial charge in [0.25, 0.3) is 5.91 Å². The molecule has 3 aromatic rings. The number of nitrogens with one attached hydrogen (secondary N) is 1. The molecule has 1 fully saturated rings. The van der Waals surface area contributed by atoms with Crippen molar-refractivity contribution < 1.29 is 22.7 Å². The molecule has 2 aromatic heterocycles. The van der Waals surface area contributed by atoms with Crippen LogP contribution in [0.3, 0.4) is 0 Å². The maximum Gasteiger partial charge on any atom is 0.435 e. The van der Waals surface area contributed by atoms with Gasteiger partial charge in [0.1, 0.15) is 11.8 Å². The molecule has 10 heteroatoms. The van der Waals surface area contributed by atoms with Crippen molar-refractivity contribution in [1.82, 2.24) is 20.1 Å². The van der Waals surface area contributed by atoms with Crippen LogP contribution in [0.4, 0.5) is 13.2 Å². The second-order valence-electron chi connectivity index (χ2n) is 10.0. The third-order valence-corrected chi connectivity index (χ3v) is 6.98. The third kappa shape index (κ3) is 6.29. The Morgan fingerprint density at radius 3 is 2.72 bits per heavy atom. The van der Waals surface area contributed by atoms with Crippen LogP contribution in [0.2, 0.25) is 0 Å². The molecule has 2 heterocycles. The molecule has 0 aliphatic heterocycles. The largest absolute Gasteiger partial charge is 0.435 e. The predicted molar refractivity (Wildman–Crippen MR) is 139 cm³/mol. The van der Waals surface area contributed by atoms with Crippen LogP contribution >= 0.6 is 0 Å². The Balaban J connectivity index is 1.44. The minimum atomic E-state index is -4.72. The number of carbonyl (C=O) groups is 1. The molecule has 1 saturated carbocycles. The summed E-state index contributed by atoms with van der Waals surface area (Å²) in [6.07, 6.45) is 4.58. The van der Waals surface area contributed by atoms with Crippen molar-refractivity contribution in [2.45, 2.75) is 38.6 Å². The average molecular weight is 538 g/mol. The number of ether oxygens (including phenoxy) is 1. The lowest BCUT2D eigenvalue weighted by Crippen LogP contribution is -2.29. The van der Waals surface area contributed by atoms with Gasteiger partial charge in [-0.2, -0.15) is 18.3 Å². The van der Waals surface area contributed by atoms with Crippen LogP contribution in [0.25, 0.3) is 5.69 Å². The topological polar surface area (TPSA) is 95.1 Å². The molecule has 204 valence electrons. The van der Waals surface area contributed by atoms with Gasteiger partial charge >= 0.3 is 6.18 Å². The zero-order valence-corrected chi connectivity index (χ0v) is 21.4. The molecule has 1 aromatic carbocycles. The van der Waals surface area contributed by atoms with Crippen molar-refractivity contribution in [3.8, 4) is 5.69 Å². The summed E-state index contributed by atoms with van der Waals surface area (Å²) in [5.41, 5.74) is 6.57. The Hall–Kier alpha value is -3.76. The fraction of sp³-hybridized carbons (Fsp3) is 0.345. The Bertz CT molecular complexity index is 1380. The van der Waals surface area contributed by atoms with Crippen LogP contribution in [0.5, 0.6) is 0 Å². The van der Waals surface area contributed by atoms with Gasteiger partial charge in [-0.3, -0.25) is 9.78 Å². The Morgan fingerprint density at radius 2 is 2.03 bits per heavy atom. The fourth-order valence-corrected chi connectivity index (χ4v) is 4.60. The second-order valence-corrected chi connectivity index (χ2v) is 10.0. The molecular weight excluding hydrogens is 507 g/mol. The number of aromatic nitrogens is 3. The third-order valence-electron chi connectivity index (χ3n) is 6.98. The summed E-state index contributed by atoms with van der Waals surface area (Å²) in [4.78, 5) is 17.9. The number of nitrogens with two attached hydrogens (primary N) is 1. The molecule has 3 atom stereocenters. The van der Waals surface area contributed by atoms with Crippen molar-refractivity contribution in [2.24, 2.45) is 23.5 Å². The number of hydrogen-bond donors (Lipinski definition) is 2.